The number of amides is 1. The maximum absolute atomic E-state index is 12.0. The standard InChI is InChI=1S/C17H24N4O/c1-15-7-3-4-8-16(15)13-18-17(22)14-20(2)10-6-12-21-11-5-9-19-21/h3-5,7-9,11H,6,10,12-14H2,1-2H3,(H,18,22). The Labute approximate surface area is 131 Å². The molecule has 5 nitrogen and oxygen atoms in total. The summed E-state index contributed by atoms with van der Waals surface area (Å²) < 4.78 is 1.91. The van der Waals surface area contributed by atoms with Gasteiger partial charge >= 0.3 is 0 Å². The molecule has 2 aromatic rings. The van der Waals surface area contributed by atoms with Gasteiger partial charge in [0.05, 0.1) is 6.54 Å². The number of aryl methyl sites for hydroxylation is 2. The summed E-state index contributed by atoms with van der Waals surface area (Å²) >= 11 is 0. The second-order valence-corrected chi connectivity index (χ2v) is 5.56. The van der Waals surface area contributed by atoms with Crippen LogP contribution in [0, 0.1) is 6.92 Å². The largest absolute Gasteiger partial charge is 0.351 e. The van der Waals surface area contributed by atoms with E-state index in [4.69, 9.17) is 0 Å². The van der Waals surface area contributed by atoms with Crippen molar-refractivity contribution in [2.75, 3.05) is 20.1 Å². The summed E-state index contributed by atoms with van der Waals surface area (Å²) in [6.07, 6.45) is 4.71. The summed E-state index contributed by atoms with van der Waals surface area (Å²) in [5, 5.41) is 7.14. The van der Waals surface area contributed by atoms with Gasteiger partial charge in [0.25, 0.3) is 0 Å². The summed E-state index contributed by atoms with van der Waals surface area (Å²) in [6, 6.07) is 10.0. The van der Waals surface area contributed by atoms with E-state index in [1.807, 2.05) is 47.1 Å². The van der Waals surface area contributed by atoms with Crippen molar-refractivity contribution in [1.82, 2.24) is 20.0 Å². The Bertz CT molecular complexity index is 580. The minimum atomic E-state index is 0.0600. The average Bonchev–Trinajstić information content (AvgIpc) is 2.99. The number of carbonyl (C=O) groups excluding carboxylic acids is 1. The highest BCUT2D eigenvalue weighted by molar-refractivity contribution is 5.78. The average molecular weight is 300 g/mol. The smallest absolute Gasteiger partial charge is 0.234 e. The fourth-order valence-electron chi connectivity index (χ4n) is 2.32. The number of likely N-dealkylation sites (N-methyl/N-ethyl adjacent to an activating group) is 1. The Morgan fingerprint density at radius 1 is 1.32 bits per heavy atom. The van der Waals surface area contributed by atoms with E-state index >= 15 is 0 Å². The Kier molecular flexibility index (Phi) is 6.15. The third-order valence-corrected chi connectivity index (χ3v) is 3.64. The number of nitrogens with zero attached hydrogens (tertiary/aromatic N) is 3. The van der Waals surface area contributed by atoms with Crippen LogP contribution >= 0.6 is 0 Å². The van der Waals surface area contributed by atoms with Gasteiger partial charge in [-0.1, -0.05) is 24.3 Å². The molecule has 0 unspecified atom stereocenters. The molecule has 0 atom stereocenters. The van der Waals surface area contributed by atoms with Crippen LogP contribution in [0.15, 0.2) is 42.7 Å². The van der Waals surface area contributed by atoms with Crippen molar-refractivity contribution < 1.29 is 4.79 Å². The second kappa shape index (κ2) is 8.34. The normalized spacial score (nSPS) is 10.9. The molecule has 0 fully saturated rings. The molecule has 5 heteroatoms. The van der Waals surface area contributed by atoms with Gasteiger partial charge in [0, 0.05) is 32.0 Å². The predicted octanol–water partition coefficient (Wildman–Crippen LogP) is 1.83. The molecule has 1 amide bonds. The first-order valence-corrected chi connectivity index (χ1v) is 7.62. The van der Waals surface area contributed by atoms with E-state index in [0.717, 1.165) is 25.1 Å². The van der Waals surface area contributed by atoms with E-state index < -0.39 is 0 Å². The summed E-state index contributed by atoms with van der Waals surface area (Å²) in [6.45, 7) is 4.82. The lowest BCUT2D eigenvalue weighted by Crippen LogP contribution is -2.35. The van der Waals surface area contributed by atoms with Gasteiger partial charge in [0.1, 0.15) is 0 Å². The first-order chi connectivity index (χ1) is 10.6. The van der Waals surface area contributed by atoms with Crippen LogP contribution < -0.4 is 5.32 Å². The van der Waals surface area contributed by atoms with E-state index in [2.05, 4.69) is 23.4 Å². The van der Waals surface area contributed by atoms with Gasteiger partial charge in [-0.3, -0.25) is 14.4 Å². The van der Waals surface area contributed by atoms with E-state index in [9.17, 15) is 4.79 Å². The van der Waals surface area contributed by atoms with Crippen LogP contribution in [0.3, 0.4) is 0 Å². The molecule has 118 valence electrons. The van der Waals surface area contributed by atoms with Gasteiger partial charge in [-0.05, 0) is 37.6 Å². The molecule has 1 heterocycles. The highest BCUT2D eigenvalue weighted by Gasteiger charge is 2.07. The van der Waals surface area contributed by atoms with E-state index in [0.29, 0.717) is 13.1 Å². The zero-order valence-corrected chi connectivity index (χ0v) is 13.3. The molecule has 0 aliphatic rings. The lowest BCUT2D eigenvalue weighted by molar-refractivity contribution is -0.122. The first kappa shape index (κ1) is 16.2. The lowest BCUT2D eigenvalue weighted by Gasteiger charge is -2.16. The SMILES string of the molecule is Cc1ccccc1CNC(=O)CN(C)CCCn1cccn1. The summed E-state index contributed by atoms with van der Waals surface area (Å²) in [5.41, 5.74) is 2.37. The fraction of sp³-hybridized carbons (Fsp3) is 0.412. The number of hydrogen-bond donors (Lipinski definition) is 1. The number of hydrogen-bond acceptors (Lipinski definition) is 3. The maximum atomic E-state index is 12.0. The molecular weight excluding hydrogens is 276 g/mol. The molecule has 0 saturated carbocycles. The first-order valence-electron chi connectivity index (χ1n) is 7.62. The van der Waals surface area contributed by atoms with Crippen LogP contribution in [0.4, 0.5) is 0 Å². The Morgan fingerprint density at radius 3 is 2.86 bits per heavy atom. The number of nitrogens with one attached hydrogen (secondary N) is 1. The molecule has 0 aliphatic carbocycles. The number of rotatable bonds is 8. The highest BCUT2D eigenvalue weighted by Crippen LogP contribution is 2.05. The fourth-order valence-corrected chi connectivity index (χ4v) is 2.32. The Balaban J connectivity index is 1.64. The molecular formula is C17H24N4O. The number of carbonyl (C=O) groups is 1. The Hall–Kier alpha value is -2.14. The maximum Gasteiger partial charge on any atom is 0.234 e. The molecule has 0 saturated heterocycles. The van der Waals surface area contributed by atoms with E-state index in [-0.39, 0.29) is 5.91 Å². The highest BCUT2D eigenvalue weighted by atomic mass is 16.2. The minimum absolute atomic E-state index is 0.0600. The van der Waals surface area contributed by atoms with Crippen LogP contribution in [0.2, 0.25) is 0 Å². The summed E-state index contributed by atoms with van der Waals surface area (Å²) in [4.78, 5) is 14.0. The van der Waals surface area contributed by atoms with Crippen molar-refractivity contribution in [1.29, 1.82) is 0 Å². The molecule has 1 aromatic carbocycles. The molecule has 0 spiro atoms. The van der Waals surface area contributed by atoms with E-state index in [1.165, 1.54) is 5.56 Å². The number of benzene rings is 1. The van der Waals surface area contributed by atoms with Crippen LogP contribution in [0.1, 0.15) is 17.5 Å². The zero-order chi connectivity index (χ0) is 15.8. The number of aromatic nitrogens is 2. The van der Waals surface area contributed by atoms with Crippen LogP contribution in [-0.4, -0.2) is 40.7 Å². The molecule has 1 aromatic heterocycles. The van der Waals surface area contributed by atoms with Gasteiger partial charge < -0.3 is 5.32 Å². The molecule has 22 heavy (non-hydrogen) atoms. The molecule has 0 radical (unpaired) electrons. The van der Waals surface area contributed by atoms with Crippen LogP contribution in [0.5, 0.6) is 0 Å². The van der Waals surface area contributed by atoms with Crippen LogP contribution in [0.25, 0.3) is 0 Å². The minimum Gasteiger partial charge on any atom is -0.351 e. The van der Waals surface area contributed by atoms with Gasteiger partial charge in [-0.15, -0.1) is 0 Å². The molecule has 1 N–H and O–H groups in total. The quantitative estimate of drug-likeness (QED) is 0.809. The van der Waals surface area contributed by atoms with Gasteiger partial charge in [-0.2, -0.15) is 5.10 Å². The lowest BCUT2D eigenvalue weighted by atomic mass is 10.1. The van der Waals surface area contributed by atoms with Gasteiger partial charge in [0.15, 0.2) is 0 Å². The van der Waals surface area contributed by atoms with Crippen molar-refractivity contribution in [3.8, 4) is 0 Å². The van der Waals surface area contributed by atoms with Crippen molar-refractivity contribution in [3.05, 3.63) is 53.9 Å². The van der Waals surface area contributed by atoms with Crippen LogP contribution in [-0.2, 0) is 17.9 Å². The van der Waals surface area contributed by atoms with Gasteiger partial charge in [-0.25, -0.2) is 0 Å². The monoisotopic (exact) mass is 300 g/mol. The zero-order valence-electron chi connectivity index (χ0n) is 13.3. The topological polar surface area (TPSA) is 50.2 Å². The third kappa shape index (κ3) is 5.33. The second-order valence-electron chi connectivity index (χ2n) is 5.56. The summed E-state index contributed by atoms with van der Waals surface area (Å²) in [7, 11) is 1.97. The molecule has 2 rings (SSSR count). The van der Waals surface area contributed by atoms with Crippen molar-refractivity contribution in [3.63, 3.8) is 0 Å². The van der Waals surface area contributed by atoms with Crippen molar-refractivity contribution in [2.24, 2.45) is 0 Å². The Morgan fingerprint density at radius 2 is 2.14 bits per heavy atom. The predicted molar refractivity (Wildman–Crippen MR) is 87.4 cm³/mol. The van der Waals surface area contributed by atoms with Crippen molar-refractivity contribution in [2.45, 2.75) is 26.4 Å². The molecule has 0 bridgehead atoms. The van der Waals surface area contributed by atoms with E-state index in [1.54, 1.807) is 6.20 Å². The van der Waals surface area contributed by atoms with Gasteiger partial charge in [0.2, 0.25) is 5.91 Å². The third-order valence-electron chi connectivity index (χ3n) is 3.64. The molecule has 0 aliphatic heterocycles. The summed E-state index contributed by atoms with van der Waals surface area (Å²) in [5.74, 6) is 0.0600. The van der Waals surface area contributed by atoms with Crippen molar-refractivity contribution >= 4 is 5.91 Å².